The summed E-state index contributed by atoms with van der Waals surface area (Å²) in [6.45, 7) is 8.63. The fraction of sp³-hybridized carbons (Fsp3) is 0.633. The van der Waals surface area contributed by atoms with Crippen LogP contribution in [0.25, 0.3) is 0 Å². The minimum Gasteiger partial charge on any atom is -0.508 e. The molecule has 2 heterocycles. The molecule has 0 radical (unpaired) electrons. The van der Waals surface area contributed by atoms with Crippen LogP contribution in [0.5, 0.6) is 5.75 Å². The number of likely N-dealkylation sites (tertiary alicyclic amines) is 2. The molecule has 0 aliphatic carbocycles. The molecule has 0 aromatic heterocycles. The van der Waals surface area contributed by atoms with Crippen molar-refractivity contribution >= 4 is 106 Å². The van der Waals surface area contributed by atoms with Crippen molar-refractivity contribution in [1.82, 2.24) is 57.7 Å². The van der Waals surface area contributed by atoms with E-state index in [1.165, 1.54) is 36.0 Å². The lowest BCUT2D eigenvalue weighted by Crippen LogP contribution is -2.61. The summed E-state index contributed by atoms with van der Waals surface area (Å²) < 4.78 is 0. The van der Waals surface area contributed by atoms with Gasteiger partial charge in [0, 0.05) is 19.5 Å². The number of thioether (sulfide) groups is 1. The third kappa shape index (κ3) is 26.2. The minimum atomic E-state index is -2.02. The number of carbonyl (C=O) groups excluding carboxylic acids is 13. The van der Waals surface area contributed by atoms with Crippen molar-refractivity contribution < 1.29 is 102 Å². The Morgan fingerprint density at radius 3 is 1.38 bits per heavy atom. The lowest BCUT2D eigenvalue weighted by Gasteiger charge is -2.31. The number of aliphatic hydroxyl groups is 1. The highest BCUT2D eigenvalue weighted by atomic mass is 32.2. The normalized spacial score (nSPS) is 17.5. The number of hydrogen-bond donors (Lipinski definition) is 17. The molecule has 13 amide bonds. The van der Waals surface area contributed by atoms with Gasteiger partial charge >= 0.3 is 17.9 Å². The second-order valence-electron chi connectivity index (χ2n) is 24.7. The number of rotatable bonds is 40. The zero-order valence-corrected chi connectivity index (χ0v) is 55.4. The van der Waals surface area contributed by atoms with Crippen LogP contribution in [0, 0.1) is 17.8 Å². The number of hydrogen-bond acceptors (Lipinski definition) is 20. The number of phenols is 1. The zero-order valence-electron chi connectivity index (χ0n) is 54.6. The molecule has 2 aliphatic heterocycles. The molecule has 0 saturated carbocycles. The highest BCUT2D eigenvalue weighted by Crippen LogP contribution is 2.23. The van der Waals surface area contributed by atoms with Gasteiger partial charge in [0.2, 0.25) is 76.8 Å². The van der Waals surface area contributed by atoms with Gasteiger partial charge in [-0.15, -0.1) is 0 Å². The van der Waals surface area contributed by atoms with Crippen molar-refractivity contribution in [2.75, 3.05) is 31.7 Å². The van der Waals surface area contributed by atoms with Crippen LogP contribution in [0.15, 0.2) is 24.3 Å². The van der Waals surface area contributed by atoms with Crippen LogP contribution < -0.4 is 65.1 Å². The van der Waals surface area contributed by atoms with Crippen molar-refractivity contribution in [3.63, 3.8) is 0 Å². The van der Waals surface area contributed by atoms with E-state index < -0.39 is 211 Å². The van der Waals surface area contributed by atoms with E-state index in [0.29, 0.717) is 5.56 Å². The number of phenolic OH excluding ortho intramolecular Hbond substituents is 1. The van der Waals surface area contributed by atoms with E-state index in [2.05, 4.69) is 47.9 Å². The Bertz CT molecular complexity index is 2990. The van der Waals surface area contributed by atoms with Gasteiger partial charge in [-0.25, -0.2) is 4.79 Å². The van der Waals surface area contributed by atoms with E-state index >= 15 is 0 Å². The SMILES string of the molecule is CSCC[C@H](NC(=O)[C@H](CC(=O)O)NC(=O)[C@H](CO)NC(=O)[C@H](CC(N)=O)NC(=O)[C@@H](N)CC(C)C)C(=O)N[C@@H](Cc1ccc(O)cc1)C(=O)N1CCC[C@H]1C(=O)N[C@@H](CC(=O)O)C(=O)N[C@@H](CC(C)C)C(=O)N[C@@H](CC(N)=O)C(=O)N1CCC[C@H]1C(=O)N[C@H](C(=O)O)C(C)C. The van der Waals surface area contributed by atoms with Gasteiger partial charge in [-0.2, -0.15) is 11.8 Å². The summed E-state index contributed by atoms with van der Waals surface area (Å²) in [5, 5.41) is 70.9. The molecular weight excluding hydrogens is 1280 g/mol. The van der Waals surface area contributed by atoms with E-state index in [1.807, 2.05) is 0 Å². The van der Waals surface area contributed by atoms with Crippen molar-refractivity contribution in [3.05, 3.63) is 29.8 Å². The summed E-state index contributed by atoms with van der Waals surface area (Å²) in [6, 6.07) is -13.8. The van der Waals surface area contributed by atoms with Gasteiger partial charge in [0.05, 0.1) is 38.3 Å². The Kier molecular flexibility index (Phi) is 32.9. The fourth-order valence-corrected chi connectivity index (χ4v) is 11.1. The molecule has 2 aliphatic rings. The van der Waals surface area contributed by atoms with E-state index in [4.69, 9.17) is 17.2 Å². The smallest absolute Gasteiger partial charge is 0.326 e. The number of primary amides is 2. The van der Waals surface area contributed by atoms with Gasteiger partial charge in [0.15, 0.2) is 0 Å². The lowest BCUT2D eigenvalue weighted by atomic mass is 10.0. The largest absolute Gasteiger partial charge is 0.508 e. The summed E-state index contributed by atoms with van der Waals surface area (Å²) in [5.74, 6) is -19.4. The van der Waals surface area contributed by atoms with Crippen molar-refractivity contribution in [1.29, 1.82) is 0 Å². The fourth-order valence-electron chi connectivity index (χ4n) is 10.6. The Balaban J connectivity index is 1.92. The second kappa shape index (κ2) is 39.0. The average Bonchev–Trinajstić information content (AvgIpc) is 1.56. The third-order valence-electron chi connectivity index (χ3n) is 15.4. The first-order chi connectivity index (χ1) is 45.0. The molecule has 3 rings (SSSR count). The minimum absolute atomic E-state index is 0.0318. The van der Waals surface area contributed by atoms with Gasteiger partial charge in [-0.3, -0.25) is 71.9 Å². The molecule has 2 saturated heterocycles. The molecule has 12 atom stereocenters. The standard InChI is InChI=1S/C60H92N14O21S/c1-28(2)20-33(61)49(83)65-36(23-44(62)77)52(86)71-41(27-75)55(89)67-37(25-46(79)80)53(87)64-34(16-19-96-7)50(84)69-39(22-31-12-14-32(76)15-13-31)58(92)73-17-8-10-42(73)56(90)68-38(26-47(81)82)54(88)66-35(21-29(3)4)51(85)70-40(24-45(63)78)59(93)74-18-9-11-43(74)57(91)72-48(30(5)6)60(94)95/h12-15,28-30,33-43,48,75-76H,8-11,16-27,61H2,1-7H3,(H2,62,77)(H2,63,78)(H,64,87)(H,65,83)(H,66,88)(H,67,89)(H,68,90)(H,69,84)(H,70,85)(H,71,86)(H,72,91)(H,79,80)(H,81,82)(H,94,95)/t33-,34-,35-,36-,37-,38-,39-,40-,41-,42-,43-,48-/m0/s1. The summed E-state index contributed by atoms with van der Waals surface area (Å²) in [6.07, 6.45) is -2.21. The predicted molar refractivity (Wildman–Crippen MR) is 340 cm³/mol. The Labute approximate surface area is 557 Å². The number of carboxylic acid groups (broad SMARTS) is 3. The van der Waals surface area contributed by atoms with Crippen LogP contribution in [0.3, 0.4) is 0 Å². The molecule has 2 fully saturated rings. The Morgan fingerprint density at radius 1 is 0.510 bits per heavy atom. The van der Waals surface area contributed by atoms with Gasteiger partial charge < -0.3 is 100 Å². The topological polar surface area (TPSA) is 567 Å². The molecule has 96 heavy (non-hydrogen) atoms. The first-order valence-corrected chi connectivity index (χ1v) is 32.6. The number of carboxylic acids is 3. The van der Waals surface area contributed by atoms with Crippen molar-refractivity contribution in [3.8, 4) is 5.75 Å². The summed E-state index contributed by atoms with van der Waals surface area (Å²) in [5.41, 5.74) is 17.1. The van der Waals surface area contributed by atoms with Crippen molar-refractivity contribution in [2.45, 2.75) is 191 Å². The summed E-state index contributed by atoms with van der Waals surface area (Å²) in [7, 11) is 0. The van der Waals surface area contributed by atoms with Crippen LogP contribution in [0.2, 0.25) is 0 Å². The second-order valence-corrected chi connectivity index (χ2v) is 25.7. The number of nitrogens with zero attached hydrogens (tertiary/aromatic N) is 2. The van der Waals surface area contributed by atoms with E-state index in [9.17, 15) is 102 Å². The maximum Gasteiger partial charge on any atom is 0.326 e. The highest BCUT2D eigenvalue weighted by molar-refractivity contribution is 7.98. The quantitative estimate of drug-likeness (QED) is 0.0292. The summed E-state index contributed by atoms with van der Waals surface area (Å²) >= 11 is 1.21. The summed E-state index contributed by atoms with van der Waals surface area (Å²) in [4.78, 5) is 216. The maximum atomic E-state index is 14.9. The molecular formula is C60H92N14O21S. The van der Waals surface area contributed by atoms with Crippen LogP contribution in [-0.4, -0.2) is 234 Å². The first-order valence-electron chi connectivity index (χ1n) is 31.2. The first kappa shape index (κ1) is 81.0. The number of nitrogens with two attached hydrogens (primary N) is 3. The van der Waals surface area contributed by atoms with E-state index in [-0.39, 0.29) is 81.9 Å². The van der Waals surface area contributed by atoms with Crippen LogP contribution in [-0.2, 0) is 83.1 Å². The molecule has 36 heteroatoms. The monoisotopic (exact) mass is 1380 g/mol. The number of aliphatic hydroxyl groups excluding tert-OH is 1. The molecule has 0 spiro atoms. The zero-order chi connectivity index (χ0) is 72.4. The van der Waals surface area contributed by atoms with Crippen molar-refractivity contribution in [2.24, 2.45) is 35.0 Å². The number of aliphatic carboxylic acids is 3. The number of benzene rings is 1. The molecule has 1 aromatic carbocycles. The lowest BCUT2D eigenvalue weighted by molar-refractivity contribution is -0.146. The molecule has 0 unspecified atom stereocenters. The van der Waals surface area contributed by atoms with E-state index in [1.54, 1.807) is 47.8 Å². The molecule has 534 valence electrons. The number of nitrogens with one attached hydrogen (secondary N) is 9. The maximum absolute atomic E-state index is 14.9. The van der Waals surface area contributed by atoms with Crippen LogP contribution in [0.1, 0.15) is 118 Å². The molecule has 1 aromatic rings. The molecule has 20 N–H and O–H groups in total. The van der Waals surface area contributed by atoms with Gasteiger partial charge in [0.25, 0.3) is 0 Å². The molecule has 35 nitrogen and oxygen atoms in total. The number of amides is 13. The average molecular weight is 1380 g/mol. The Hall–Kier alpha value is -9.19. The van der Waals surface area contributed by atoms with Gasteiger partial charge in [-0.05, 0) is 92.4 Å². The van der Waals surface area contributed by atoms with E-state index in [0.717, 1.165) is 9.80 Å². The van der Waals surface area contributed by atoms with Crippen LogP contribution >= 0.6 is 11.8 Å². The number of aromatic hydroxyl groups is 1. The third-order valence-corrected chi connectivity index (χ3v) is 16.1. The molecule has 0 bridgehead atoms. The number of carbonyl (C=O) groups is 16. The van der Waals surface area contributed by atoms with Crippen LogP contribution in [0.4, 0.5) is 0 Å². The highest BCUT2D eigenvalue weighted by Gasteiger charge is 2.44. The van der Waals surface area contributed by atoms with Gasteiger partial charge in [-0.1, -0.05) is 53.7 Å². The Morgan fingerprint density at radius 2 is 0.906 bits per heavy atom. The predicted octanol–water partition coefficient (Wildman–Crippen LogP) is -5.11. The van der Waals surface area contributed by atoms with Gasteiger partial charge in [0.1, 0.15) is 72.2 Å².